The molecule has 3 nitrogen and oxygen atoms in total. The first kappa shape index (κ1) is 11.2. The molecule has 1 heterocycles. The molecule has 1 aromatic heterocycles. The Hall–Kier alpha value is -1.26. The summed E-state index contributed by atoms with van der Waals surface area (Å²) in [5.41, 5.74) is 1.20. The first-order valence-corrected chi connectivity index (χ1v) is 5.97. The summed E-state index contributed by atoms with van der Waals surface area (Å²) in [5, 5.41) is 9.69. The Morgan fingerprint density at radius 2 is 2.19 bits per heavy atom. The first-order valence-electron chi connectivity index (χ1n) is 4.99. The lowest BCUT2D eigenvalue weighted by Crippen LogP contribution is -1.97. The molecule has 84 valence electrons. The van der Waals surface area contributed by atoms with Gasteiger partial charge in [0.2, 0.25) is 0 Å². The van der Waals surface area contributed by atoms with Crippen LogP contribution in [0.1, 0.15) is 5.56 Å². The summed E-state index contributed by atoms with van der Waals surface area (Å²) in [6.07, 6.45) is 0. The van der Waals surface area contributed by atoms with Crippen molar-refractivity contribution >= 4 is 22.7 Å². The molecule has 0 amide bonds. The van der Waals surface area contributed by atoms with Gasteiger partial charge in [-0.3, -0.25) is 0 Å². The van der Waals surface area contributed by atoms with E-state index in [2.05, 4.69) is 0 Å². The van der Waals surface area contributed by atoms with Crippen molar-refractivity contribution in [1.82, 2.24) is 0 Å². The maximum Gasteiger partial charge on any atom is 0.336 e. The predicted octanol–water partition coefficient (Wildman–Crippen LogP) is 2.19. The third kappa shape index (κ3) is 2.28. The van der Waals surface area contributed by atoms with Crippen LogP contribution in [0.3, 0.4) is 0 Å². The molecular weight excluding hydrogens is 224 g/mol. The van der Waals surface area contributed by atoms with E-state index in [-0.39, 0.29) is 12.2 Å². The van der Waals surface area contributed by atoms with Gasteiger partial charge in [-0.15, -0.1) is 11.8 Å². The highest BCUT2D eigenvalue weighted by molar-refractivity contribution is 7.99. The van der Waals surface area contributed by atoms with Crippen LogP contribution >= 0.6 is 11.8 Å². The summed E-state index contributed by atoms with van der Waals surface area (Å²) in [6, 6.07) is 7.23. The fourth-order valence-corrected chi connectivity index (χ4v) is 2.24. The van der Waals surface area contributed by atoms with Crippen molar-refractivity contribution in [3.05, 3.63) is 40.2 Å². The van der Waals surface area contributed by atoms with Crippen LogP contribution < -0.4 is 5.63 Å². The molecule has 2 aromatic rings. The molecule has 0 bridgehead atoms. The van der Waals surface area contributed by atoms with E-state index in [1.165, 1.54) is 17.8 Å². The molecule has 0 aliphatic rings. The second-order valence-electron chi connectivity index (χ2n) is 3.48. The van der Waals surface area contributed by atoms with Crippen molar-refractivity contribution in [3.8, 4) is 0 Å². The van der Waals surface area contributed by atoms with Crippen molar-refractivity contribution in [2.75, 3.05) is 12.4 Å². The van der Waals surface area contributed by atoms with Crippen LogP contribution in [-0.2, 0) is 0 Å². The Balaban J connectivity index is 2.49. The molecule has 2 rings (SSSR count). The highest BCUT2D eigenvalue weighted by Gasteiger charge is 2.03. The summed E-state index contributed by atoms with van der Waals surface area (Å²) in [4.78, 5) is 12.2. The van der Waals surface area contributed by atoms with E-state index in [1.807, 2.05) is 25.1 Å². The molecule has 0 saturated carbocycles. The molecule has 0 aliphatic heterocycles. The van der Waals surface area contributed by atoms with Gasteiger partial charge < -0.3 is 9.52 Å². The van der Waals surface area contributed by atoms with Gasteiger partial charge in [0, 0.05) is 22.1 Å². The van der Waals surface area contributed by atoms with E-state index in [9.17, 15) is 4.79 Å². The van der Waals surface area contributed by atoms with Crippen LogP contribution in [0.2, 0.25) is 0 Å². The zero-order valence-electron chi connectivity index (χ0n) is 8.90. The molecule has 0 unspecified atom stereocenters. The number of hydrogen-bond acceptors (Lipinski definition) is 4. The van der Waals surface area contributed by atoms with Crippen molar-refractivity contribution in [2.24, 2.45) is 0 Å². The van der Waals surface area contributed by atoms with Gasteiger partial charge in [0.05, 0.1) is 6.61 Å². The molecule has 0 spiro atoms. The number of aliphatic hydroxyl groups is 1. The van der Waals surface area contributed by atoms with Gasteiger partial charge in [0.25, 0.3) is 0 Å². The molecule has 1 aromatic carbocycles. The molecule has 0 radical (unpaired) electrons. The average molecular weight is 236 g/mol. The van der Waals surface area contributed by atoms with Gasteiger partial charge in [-0.1, -0.05) is 0 Å². The van der Waals surface area contributed by atoms with Gasteiger partial charge in [-0.2, -0.15) is 0 Å². The molecule has 4 heteroatoms. The fraction of sp³-hybridized carbons (Fsp3) is 0.250. The smallest absolute Gasteiger partial charge is 0.336 e. The third-order valence-electron chi connectivity index (χ3n) is 2.28. The quantitative estimate of drug-likeness (QED) is 0.655. The Kier molecular flexibility index (Phi) is 3.31. The number of rotatable bonds is 3. The summed E-state index contributed by atoms with van der Waals surface area (Å²) < 4.78 is 5.13. The average Bonchev–Trinajstić information content (AvgIpc) is 2.25. The Bertz CT molecular complexity index is 560. The highest BCUT2D eigenvalue weighted by atomic mass is 32.2. The number of hydrogen-bond donors (Lipinski definition) is 1. The minimum atomic E-state index is -0.325. The lowest BCUT2D eigenvalue weighted by Gasteiger charge is -2.03. The minimum Gasteiger partial charge on any atom is -0.423 e. The van der Waals surface area contributed by atoms with Crippen LogP contribution in [-0.4, -0.2) is 17.5 Å². The van der Waals surface area contributed by atoms with Crippen LogP contribution in [0.15, 0.2) is 38.4 Å². The molecule has 1 N–H and O–H groups in total. The lowest BCUT2D eigenvalue weighted by molar-refractivity contribution is 0.322. The van der Waals surface area contributed by atoms with E-state index < -0.39 is 0 Å². The third-order valence-corrected chi connectivity index (χ3v) is 3.26. The zero-order valence-corrected chi connectivity index (χ0v) is 9.71. The number of benzene rings is 1. The second-order valence-corrected chi connectivity index (χ2v) is 4.65. The molecular formula is C12H12O3S. The van der Waals surface area contributed by atoms with Crippen LogP contribution in [0.25, 0.3) is 11.0 Å². The second kappa shape index (κ2) is 4.72. The van der Waals surface area contributed by atoms with Gasteiger partial charge in [-0.05, 0) is 30.7 Å². The number of thioether (sulfide) groups is 1. The lowest BCUT2D eigenvalue weighted by atomic mass is 10.1. The van der Waals surface area contributed by atoms with E-state index in [1.54, 1.807) is 0 Å². The summed E-state index contributed by atoms with van der Waals surface area (Å²) in [5.74, 6) is 0.640. The maximum absolute atomic E-state index is 11.2. The van der Waals surface area contributed by atoms with E-state index in [0.29, 0.717) is 11.3 Å². The van der Waals surface area contributed by atoms with Crippen molar-refractivity contribution in [3.63, 3.8) is 0 Å². The largest absolute Gasteiger partial charge is 0.423 e. The van der Waals surface area contributed by atoms with E-state index >= 15 is 0 Å². The minimum absolute atomic E-state index is 0.139. The van der Waals surface area contributed by atoms with Crippen LogP contribution in [0.5, 0.6) is 0 Å². The molecule has 0 saturated heterocycles. The van der Waals surface area contributed by atoms with E-state index in [0.717, 1.165) is 15.8 Å². The zero-order chi connectivity index (χ0) is 11.5. The van der Waals surface area contributed by atoms with Crippen molar-refractivity contribution < 1.29 is 9.52 Å². The van der Waals surface area contributed by atoms with E-state index in [4.69, 9.17) is 9.52 Å². The van der Waals surface area contributed by atoms with Gasteiger partial charge >= 0.3 is 5.63 Å². The van der Waals surface area contributed by atoms with Crippen molar-refractivity contribution in [2.45, 2.75) is 11.8 Å². The van der Waals surface area contributed by atoms with Crippen molar-refractivity contribution in [1.29, 1.82) is 0 Å². The Morgan fingerprint density at radius 3 is 2.94 bits per heavy atom. The normalized spacial score (nSPS) is 10.9. The van der Waals surface area contributed by atoms with Gasteiger partial charge in [-0.25, -0.2) is 4.79 Å². The molecule has 0 aliphatic carbocycles. The fourth-order valence-electron chi connectivity index (χ4n) is 1.56. The summed E-state index contributed by atoms with van der Waals surface area (Å²) in [7, 11) is 0. The maximum atomic E-state index is 11.2. The summed E-state index contributed by atoms with van der Waals surface area (Å²) in [6.45, 7) is 2.03. The first-order chi connectivity index (χ1) is 7.70. The Labute approximate surface area is 97.1 Å². The molecule has 0 atom stereocenters. The SMILES string of the molecule is Cc1cc(=O)oc2cc(SCCO)ccc12. The summed E-state index contributed by atoms with van der Waals surface area (Å²) >= 11 is 1.53. The van der Waals surface area contributed by atoms with Gasteiger partial charge in [0.1, 0.15) is 5.58 Å². The topological polar surface area (TPSA) is 50.4 Å². The van der Waals surface area contributed by atoms with Crippen LogP contribution in [0, 0.1) is 6.92 Å². The van der Waals surface area contributed by atoms with Crippen LogP contribution in [0.4, 0.5) is 0 Å². The Morgan fingerprint density at radius 1 is 1.38 bits per heavy atom. The predicted molar refractivity (Wildman–Crippen MR) is 65.0 cm³/mol. The van der Waals surface area contributed by atoms with Gasteiger partial charge in [0.15, 0.2) is 0 Å². The number of fused-ring (bicyclic) bond motifs is 1. The monoisotopic (exact) mass is 236 g/mol. The highest BCUT2D eigenvalue weighted by Crippen LogP contribution is 2.24. The number of aryl methyl sites for hydroxylation is 1. The molecule has 16 heavy (non-hydrogen) atoms. The number of aliphatic hydroxyl groups excluding tert-OH is 1. The standard InChI is InChI=1S/C12H12O3S/c1-8-6-12(14)15-11-7-9(16-5-4-13)2-3-10(8)11/h2-3,6-7,13H,4-5H2,1H3. The molecule has 0 fully saturated rings.